The van der Waals surface area contributed by atoms with E-state index >= 15 is 0 Å². The van der Waals surface area contributed by atoms with Gasteiger partial charge in [0.2, 0.25) is 0 Å². The molecule has 2 heterocycles. The minimum Gasteiger partial charge on any atom is -0.267 e. The van der Waals surface area contributed by atoms with Gasteiger partial charge in [0.15, 0.2) is 0 Å². The molecule has 0 aliphatic carbocycles. The Hall–Kier alpha value is -3.75. The van der Waals surface area contributed by atoms with Crippen LogP contribution in [0.1, 0.15) is 17.1 Å². The molecule has 0 atom stereocenters. The lowest BCUT2D eigenvalue weighted by Gasteiger charge is -2.08. The van der Waals surface area contributed by atoms with E-state index < -0.39 is 11.4 Å². The number of nitrogens with one attached hydrogen (secondary N) is 1. The zero-order chi connectivity index (χ0) is 19.7. The molecule has 2 aromatic carbocycles. The van der Waals surface area contributed by atoms with E-state index in [0.717, 1.165) is 6.07 Å². The van der Waals surface area contributed by atoms with Gasteiger partial charge >= 0.3 is 0 Å². The van der Waals surface area contributed by atoms with Crippen LogP contribution in [0.5, 0.6) is 0 Å². The fourth-order valence-corrected chi connectivity index (χ4v) is 2.86. The number of aromatic amines is 1. The van der Waals surface area contributed by atoms with Crippen molar-refractivity contribution in [1.82, 2.24) is 25.0 Å². The van der Waals surface area contributed by atoms with Gasteiger partial charge in [0.25, 0.3) is 5.56 Å². The number of H-pyrrole nitrogens is 1. The van der Waals surface area contributed by atoms with E-state index in [1.54, 1.807) is 23.9 Å². The van der Waals surface area contributed by atoms with Gasteiger partial charge < -0.3 is 0 Å². The van der Waals surface area contributed by atoms with Crippen molar-refractivity contribution in [3.63, 3.8) is 0 Å². The molecule has 0 spiro atoms. The third kappa shape index (κ3) is 3.41. The summed E-state index contributed by atoms with van der Waals surface area (Å²) in [6.07, 6.45) is 3.16. The molecule has 0 aliphatic heterocycles. The normalized spacial score (nSPS) is 11.5. The molecule has 140 valence electrons. The first kappa shape index (κ1) is 17.7. The predicted molar refractivity (Wildman–Crippen MR) is 99.8 cm³/mol. The van der Waals surface area contributed by atoms with Gasteiger partial charge in [-0.1, -0.05) is 12.1 Å². The van der Waals surface area contributed by atoms with Crippen molar-refractivity contribution in [3.05, 3.63) is 81.8 Å². The van der Waals surface area contributed by atoms with Crippen LogP contribution in [0.15, 0.2) is 52.5 Å². The van der Waals surface area contributed by atoms with Crippen molar-refractivity contribution in [2.75, 3.05) is 0 Å². The number of hydrogen-bond donors (Lipinski definition) is 1. The summed E-state index contributed by atoms with van der Waals surface area (Å²) in [5.74, 6) is -0.339. The number of nitrogens with zero attached hydrogens (tertiary/aromatic N) is 5. The van der Waals surface area contributed by atoms with Crippen LogP contribution in [-0.2, 0) is 13.5 Å². The maximum Gasteiger partial charge on any atom is 0.272 e. The van der Waals surface area contributed by atoms with Crippen molar-refractivity contribution in [2.24, 2.45) is 12.0 Å². The summed E-state index contributed by atoms with van der Waals surface area (Å²) in [6, 6.07) is 8.07. The standard InChI is InChI=1S/C19H14F2N6O/c1-27-17(23-10-24-27)8-16-18-14(19(28)26-25-16)6-13(21)7-15(18)22-9-11-2-4-12(20)5-3-11/h2-7,9-10H,8H2,1H3,(H,26,28)/b22-9+. The number of aryl methyl sites for hydroxylation is 1. The van der Waals surface area contributed by atoms with Gasteiger partial charge in [0.05, 0.1) is 23.2 Å². The maximum atomic E-state index is 14.1. The van der Waals surface area contributed by atoms with E-state index in [4.69, 9.17) is 0 Å². The average molecular weight is 380 g/mol. The molecule has 4 aromatic rings. The molecule has 0 radical (unpaired) electrons. The van der Waals surface area contributed by atoms with Crippen LogP contribution < -0.4 is 5.56 Å². The highest BCUT2D eigenvalue weighted by atomic mass is 19.1. The summed E-state index contributed by atoms with van der Waals surface area (Å²) in [4.78, 5) is 20.7. The highest BCUT2D eigenvalue weighted by Crippen LogP contribution is 2.28. The predicted octanol–water partition coefficient (Wildman–Crippen LogP) is 2.67. The summed E-state index contributed by atoms with van der Waals surface area (Å²) >= 11 is 0. The topological polar surface area (TPSA) is 88.8 Å². The molecule has 4 rings (SSSR count). The molecule has 0 bridgehead atoms. The van der Waals surface area contributed by atoms with Crippen LogP contribution in [0.25, 0.3) is 10.8 Å². The van der Waals surface area contributed by atoms with E-state index in [1.165, 1.54) is 30.7 Å². The quantitative estimate of drug-likeness (QED) is 0.551. The molecule has 0 amide bonds. The highest BCUT2D eigenvalue weighted by Gasteiger charge is 2.15. The van der Waals surface area contributed by atoms with Crippen molar-refractivity contribution in [2.45, 2.75) is 6.42 Å². The van der Waals surface area contributed by atoms with Gasteiger partial charge in [-0.15, -0.1) is 0 Å². The Kier molecular flexibility index (Phi) is 4.48. The summed E-state index contributed by atoms with van der Waals surface area (Å²) in [5.41, 5.74) is 0.841. The molecule has 9 heteroatoms. The maximum absolute atomic E-state index is 14.1. The first-order valence-corrected chi connectivity index (χ1v) is 8.34. The van der Waals surface area contributed by atoms with Gasteiger partial charge in [0, 0.05) is 24.7 Å². The van der Waals surface area contributed by atoms with Gasteiger partial charge in [-0.05, 0) is 23.8 Å². The van der Waals surface area contributed by atoms with Crippen LogP contribution in [0.4, 0.5) is 14.5 Å². The SMILES string of the molecule is Cn1ncnc1Cc1n[nH]c(=O)c2cc(F)cc(/N=C/c3ccc(F)cc3)c12. The second-order valence-electron chi connectivity index (χ2n) is 6.13. The summed E-state index contributed by atoms with van der Waals surface area (Å²) < 4.78 is 28.8. The molecular weight excluding hydrogens is 366 g/mol. The molecule has 1 N–H and O–H groups in total. The number of aromatic nitrogens is 5. The zero-order valence-electron chi connectivity index (χ0n) is 14.7. The van der Waals surface area contributed by atoms with Crippen molar-refractivity contribution < 1.29 is 8.78 Å². The fraction of sp³-hybridized carbons (Fsp3) is 0.105. The van der Waals surface area contributed by atoms with Crippen molar-refractivity contribution in [1.29, 1.82) is 0 Å². The second kappa shape index (κ2) is 7.10. The van der Waals surface area contributed by atoms with E-state index in [0.29, 0.717) is 22.5 Å². The Labute approximate surface area is 157 Å². The highest BCUT2D eigenvalue weighted by molar-refractivity contribution is 5.96. The first-order chi connectivity index (χ1) is 13.5. The number of hydrogen-bond acceptors (Lipinski definition) is 5. The molecule has 0 saturated heterocycles. The fourth-order valence-electron chi connectivity index (χ4n) is 2.86. The Morgan fingerprint density at radius 1 is 1.18 bits per heavy atom. The van der Waals surface area contributed by atoms with Gasteiger partial charge in [-0.2, -0.15) is 10.2 Å². The number of benzene rings is 2. The van der Waals surface area contributed by atoms with Crippen LogP contribution in [0.3, 0.4) is 0 Å². The lowest BCUT2D eigenvalue weighted by molar-refractivity contribution is 0.628. The summed E-state index contributed by atoms with van der Waals surface area (Å²) in [5, 5.41) is 11.1. The Morgan fingerprint density at radius 2 is 1.96 bits per heavy atom. The minimum atomic E-state index is -0.597. The third-order valence-electron chi connectivity index (χ3n) is 4.26. The monoisotopic (exact) mass is 380 g/mol. The number of halogens is 2. The second-order valence-corrected chi connectivity index (χ2v) is 6.13. The van der Waals surface area contributed by atoms with Crippen LogP contribution in [0, 0.1) is 11.6 Å². The number of fused-ring (bicyclic) bond motifs is 1. The number of aliphatic imine (C=N–C) groups is 1. The largest absolute Gasteiger partial charge is 0.272 e. The molecule has 0 fully saturated rings. The smallest absolute Gasteiger partial charge is 0.267 e. The van der Waals surface area contributed by atoms with E-state index in [9.17, 15) is 13.6 Å². The van der Waals surface area contributed by atoms with E-state index in [1.807, 2.05) is 0 Å². The summed E-state index contributed by atoms with van der Waals surface area (Å²) in [7, 11) is 1.74. The zero-order valence-corrected chi connectivity index (χ0v) is 14.7. The van der Waals surface area contributed by atoms with Crippen LogP contribution >= 0.6 is 0 Å². The van der Waals surface area contributed by atoms with Crippen LogP contribution in [-0.4, -0.2) is 31.2 Å². The Balaban J connectivity index is 1.87. The summed E-state index contributed by atoms with van der Waals surface area (Å²) in [6.45, 7) is 0. The van der Waals surface area contributed by atoms with E-state index in [-0.39, 0.29) is 23.3 Å². The van der Waals surface area contributed by atoms with Crippen LogP contribution in [0.2, 0.25) is 0 Å². The molecular formula is C19H14F2N6O. The molecule has 28 heavy (non-hydrogen) atoms. The first-order valence-electron chi connectivity index (χ1n) is 8.34. The molecule has 7 nitrogen and oxygen atoms in total. The Morgan fingerprint density at radius 3 is 2.68 bits per heavy atom. The number of rotatable bonds is 4. The third-order valence-corrected chi connectivity index (χ3v) is 4.26. The molecule has 0 saturated carbocycles. The Bertz CT molecular complexity index is 1240. The van der Waals surface area contributed by atoms with Gasteiger partial charge in [-0.25, -0.2) is 18.9 Å². The minimum absolute atomic E-state index is 0.137. The lowest BCUT2D eigenvalue weighted by Crippen LogP contribution is -2.13. The van der Waals surface area contributed by atoms with Gasteiger partial charge in [0.1, 0.15) is 23.8 Å². The molecule has 0 aliphatic rings. The van der Waals surface area contributed by atoms with E-state index in [2.05, 4.69) is 25.3 Å². The van der Waals surface area contributed by atoms with Crippen molar-refractivity contribution >= 4 is 22.7 Å². The molecule has 2 aromatic heterocycles. The molecule has 0 unspecified atom stereocenters. The van der Waals surface area contributed by atoms with Crippen molar-refractivity contribution in [3.8, 4) is 0 Å². The lowest BCUT2D eigenvalue weighted by atomic mass is 10.1. The average Bonchev–Trinajstić information content (AvgIpc) is 3.08. The van der Waals surface area contributed by atoms with Gasteiger partial charge in [-0.3, -0.25) is 14.5 Å².